The van der Waals surface area contributed by atoms with E-state index in [-0.39, 0.29) is 24.1 Å². The summed E-state index contributed by atoms with van der Waals surface area (Å²) in [6, 6.07) is 11.7. The van der Waals surface area contributed by atoms with E-state index in [1.807, 2.05) is 49.4 Å². The van der Waals surface area contributed by atoms with Gasteiger partial charge in [0.1, 0.15) is 0 Å². The van der Waals surface area contributed by atoms with Crippen LogP contribution in [0.5, 0.6) is 0 Å². The van der Waals surface area contributed by atoms with Crippen LogP contribution in [0.25, 0.3) is 6.08 Å². The van der Waals surface area contributed by atoms with Crippen LogP contribution in [0.1, 0.15) is 18.9 Å². The molecule has 21 heavy (non-hydrogen) atoms. The van der Waals surface area contributed by atoms with Gasteiger partial charge >= 0.3 is 0 Å². The number of thioether (sulfide) groups is 1. The molecule has 1 aliphatic heterocycles. The van der Waals surface area contributed by atoms with Gasteiger partial charge in [0.25, 0.3) is 11.1 Å². The van der Waals surface area contributed by atoms with E-state index in [2.05, 4.69) is 0 Å². The van der Waals surface area contributed by atoms with Crippen molar-refractivity contribution in [1.82, 2.24) is 4.90 Å². The molecular weight excluding hydrogens is 284 g/mol. The zero-order chi connectivity index (χ0) is 15.2. The number of benzene rings is 1. The molecule has 1 heterocycles. The molecule has 0 spiro atoms. The highest BCUT2D eigenvalue weighted by molar-refractivity contribution is 8.18. The average molecular weight is 298 g/mol. The van der Waals surface area contributed by atoms with Crippen LogP contribution in [-0.4, -0.2) is 22.6 Å². The molecule has 0 bridgehead atoms. The molecule has 0 radical (unpaired) electrons. The highest BCUT2D eigenvalue weighted by atomic mass is 32.2. The number of hydrogen-bond donors (Lipinski definition) is 0. The first-order valence-electron chi connectivity index (χ1n) is 6.47. The van der Waals surface area contributed by atoms with Gasteiger partial charge in [-0.3, -0.25) is 14.5 Å². The van der Waals surface area contributed by atoms with E-state index < -0.39 is 0 Å². The Morgan fingerprint density at radius 2 is 2.05 bits per heavy atom. The lowest BCUT2D eigenvalue weighted by molar-refractivity contribution is -0.122. The fourth-order valence-corrected chi connectivity index (χ4v) is 2.83. The highest BCUT2D eigenvalue weighted by Gasteiger charge is 2.34. The average Bonchev–Trinajstić information content (AvgIpc) is 2.72. The second kappa shape index (κ2) is 6.91. The van der Waals surface area contributed by atoms with E-state index in [4.69, 9.17) is 5.26 Å². The molecule has 0 unspecified atom stereocenters. The maximum atomic E-state index is 12.1. The molecule has 106 valence electrons. The first-order valence-corrected chi connectivity index (χ1v) is 7.29. The van der Waals surface area contributed by atoms with Crippen molar-refractivity contribution in [2.45, 2.75) is 13.3 Å². The van der Waals surface area contributed by atoms with E-state index >= 15 is 0 Å². The topological polar surface area (TPSA) is 61.2 Å². The zero-order valence-corrected chi connectivity index (χ0v) is 12.4. The molecule has 0 aliphatic carbocycles. The Balaban J connectivity index is 2.15. The first kappa shape index (κ1) is 15.1. The lowest BCUT2D eigenvalue weighted by atomic mass is 10.1. The van der Waals surface area contributed by atoms with Gasteiger partial charge in [0.05, 0.1) is 17.4 Å². The number of imide groups is 1. The van der Waals surface area contributed by atoms with Gasteiger partial charge < -0.3 is 0 Å². The summed E-state index contributed by atoms with van der Waals surface area (Å²) in [6.45, 7) is 2.04. The molecule has 0 atom stereocenters. The minimum Gasteiger partial charge on any atom is -0.268 e. The molecular formula is C16H14N2O2S. The van der Waals surface area contributed by atoms with Crippen molar-refractivity contribution in [2.75, 3.05) is 6.54 Å². The standard InChI is InChI=1S/C16H14N2O2S/c1-12(10-13-6-3-2-4-7-13)11-14-15(19)18(9-5-8-17)16(20)21-14/h2-4,6-7,10-11H,5,9H2,1H3/b12-10+,14-11-. The Morgan fingerprint density at radius 1 is 1.33 bits per heavy atom. The third-order valence-corrected chi connectivity index (χ3v) is 3.78. The number of amides is 2. The van der Waals surface area contributed by atoms with Gasteiger partial charge in [0, 0.05) is 6.54 Å². The number of nitrogens with zero attached hydrogens (tertiary/aromatic N) is 2. The molecule has 0 aromatic heterocycles. The van der Waals surface area contributed by atoms with Gasteiger partial charge in [-0.05, 0) is 35.9 Å². The van der Waals surface area contributed by atoms with Crippen LogP contribution in [0.4, 0.5) is 4.79 Å². The Kier molecular flexibility index (Phi) is 4.96. The molecule has 2 amide bonds. The van der Waals surface area contributed by atoms with Crippen molar-refractivity contribution >= 4 is 29.0 Å². The molecule has 5 heteroatoms. The number of carbonyl (C=O) groups is 2. The molecule has 1 fully saturated rings. The first-order chi connectivity index (χ1) is 10.1. The summed E-state index contributed by atoms with van der Waals surface area (Å²) in [4.78, 5) is 25.4. The predicted molar refractivity (Wildman–Crippen MR) is 83.1 cm³/mol. The number of carbonyl (C=O) groups excluding carboxylic acids is 2. The van der Waals surface area contributed by atoms with E-state index in [9.17, 15) is 9.59 Å². The van der Waals surface area contributed by atoms with Gasteiger partial charge in [-0.15, -0.1) is 0 Å². The van der Waals surface area contributed by atoms with Gasteiger partial charge in [0.15, 0.2) is 0 Å². The fraction of sp³-hybridized carbons (Fsp3) is 0.188. The monoisotopic (exact) mass is 298 g/mol. The van der Waals surface area contributed by atoms with Crippen LogP contribution in [0, 0.1) is 11.3 Å². The Labute approximate surface area is 127 Å². The molecule has 2 rings (SSSR count). The number of hydrogen-bond acceptors (Lipinski definition) is 4. The number of rotatable bonds is 4. The Bertz CT molecular complexity index is 657. The minimum absolute atomic E-state index is 0.153. The summed E-state index contributed by atoms with van der Waals surface area (Å²) in [6.07, 6.45) is 3.82. The highest BCUT2D eigenvalue weighted by Crippen LogP contribution is 2.31. The van der Waals surface area contributed by atoms with Crippen molar-refractivity contribution in [2.24, 2.45) is 0 Å². The van der Waals surface area contributed by atoms with Crippen molar-refractivity contribution < 1.29 is 9.59 Å². The van der Waals surface area contributed by atoms with Crippen LogP contribution in [-0.2, 0) is 4.79 Å². The second-order valence-corrected chi connectivity index (χ2v) is 5.53. The van der Waals surface area contributed by atoms with Crippen molar-refractivity contribution in [3.8, 4) is 6.07 Å². The summed E-state index contributed by atoms with van der Waals surface area (Å²) >= 11 is 0.919. The molecule has 1 saturated heterocycles. The van der Waals surface area contributed by atoms with Crippen molar-refractivity contribution in [3.05, 3.63) is 52.4 Å². The molecule has 1 aromatic carbocycles. The quantitative estimate of drug-likeness (QED) is 0.797. The van der Waals surface area contributed by atoms with E-state index in [1.54, 1.807) is 6.08 Å². The van der Waals surface area contributed by atoms with E-state index in [1.165, 1.54) is 0 Å². The minimum atomic E-state index is -0.318. The number of allylic oxidation sites excluding steroid dienone is 2. The van der Waals surface area contributed by atoms with Crippen molar-refractivity contribution in [1.29, 1.82) is 5.26 Å². The third-order valence-electron chi connectivity index (χ3n) is 2.87. The maximum absolute atomic E-state index is 12.1. The van der Waals surface area contributed by atoms with Gasteiger partial charge in [-0.25, -0.2) is 0 Å². The normalized spacial score (nSPS) is 17.4. The molecule has 4 nitrogen and oxygen atoms in total. The van der Waals surface area contributed by atoms with Crippen LogP contribution in [0.2, 0.25) is 0 Å². The lowest BCUT2D eigenvalue weighted by Crippen LogP contribution is -2.28. The molecule has 0 saturated carbocycles. The lowest BCUT2D eigenvalue weighted by Gasteiger charge is -2.08. The predicted octanol–water partition coefficient (Wildman–Crippen LogP) is 3.58. The summed E-state index contributed by atoms with van der Waals surface area (Å²) < 4.78 is 0. The molecule has 1 aliphatic rings. The smallest absolute Gasteiger partial charge is 0.268 e. The van der Waals surface area contributed by atoms with E-state index in [0.717, 1.165) is 27.8 Å². The third kappa shape index (κ3) is 3.83. The van der Waals surface area contributed by atoms with Gasteiger partial charge in [-0.1, -0.05) is 36.4 Å². The van der Waals surface area contributed by atoms with E-state index in [0.29, 0.717) is 4.91 Å². The van der Waals surface area contributed by atoms with Gasteiger partial charge in [0.2, 0.25) is 0 Å². The zero-order valence-electron chi connectivity index (χ0n) is 11.6. The van der Waals surface area contributed by atoms with Crippen molar-refractivity contribution in [3.63, 3.8) is 0 Å². The Morgan fingerprint density at radius 3 is 2.71 bits per heavy atom. The number of nitriles is 1. The SMILES string of the molecule is CC(/C=C1\SC(=O)N(CCC#N)C1=O)=C\c1ccccc1. The summed E-state index contributed by atoms with van der Waals surface area (Å²) in [5, 5.41) is 8.23. The molecule has 1 aromatic rings. The second-order valence-electron chi connectivity index (χ2n) is 4.54. The summed E-state index contributed by atoms with van der Waals surface area (Å²) in [7, 11) is 0. The fourth-order valence-electron chi connectivity index (χ4n) is 1.92. The molecule has 0 N–H and O–H groups in total. The Hall–Kier alpha value is -2.32. The van der Waals surface area contributed by atoms with Crippen LogP contribution in [0.3, 0.4) is 0 Å². The van der Waals surface area contributed by atoms with Crippen LogP contribution < -0.4 is 0 Å². The van der Waals surface area contributed by atoms with Gasteiger partial charge in [-0.2, -0.15) is 5.26 Å². The summed E-state index contributed by atoms with van der Waals surface area (Å²) in [5.74, 6) is -0.318. The van der Waals surface area contributed by atoms with Crippen LogP contribution in [0.15, 0.2) is 46.9 Å². The van der Waals surface area contributed by atoms with Crippen LogP contribution >= 0.6 is 11.8 Å². The maximum Gasteiger partial charge on any atom is 0.293 e. The largest absolute Gasteiger partial charge is 0.293 e. The summed E-state index contributed by atoms with van der Waals surface area (Å²) in [5.41, 5.74) is 1.93.